The van der Waals surface area contributed by atoms with Crippen molar-refractivity contribution >= 4 is 5.69 Å². The zero-order valence-electron chi connectivity index (χ0n) is 9.86. The smallest absolute Gasteiger partial charge is 0.166 e. The van der Waals surface area contributed by atoms with Gasteiger partial charge in [-0.15, -0.1) is 10.2 Å². The number of nitrogens with one attached hydrogen (secondary N) is 1. The number of aromatic nitrogens is 3. The van der Waals surface area contributed by atoms with Crippen molar-refractivity contribution in [3.05, 3.63) is 30.1 Å². The number of hydrogen-bond acceptors (Lipinski definition) is 3. The fourth-order valence-electron chi connectivity index (χ4n) is 1.85. The van der Waals surface area contributed by atoms with Gasteiger partial charge in [-0.25, -0.2) is 0 Å². The maximum Gasteiger partial charge on any atom is 0.166 e. The average Bonchev–Trinajstić information content (AvgIpc) is 2.70. The Labute approximate surface area is 95.3 Å². The summed E-state index contributed by atoms with van der Waals surface area (Å²) in [5.74, 6) is 1.87. The molecule has 0 aliphatic carbocycles. The summed E-state index contributed by atoms with van der Waals surface area (Å²) in [4.78, 5) is 0. The second-order valence-corrected chi connectivity index (χ2v) is 3.61. The molecule has 0 saturated heterocycles. The van der Waals surface area contributed by atoms with E-state index in [1.807, 2.05) is 32.2 Å². The molecule has 4 nitrogen and oxygen atoms in total. The van der Waals surface area contributed by atoms with Gasteiger partial charge in [-0.3, -0.25) is 0 Å². The molecule has 0 saturated carbocycles. The largest absolute Gasteiger partial charge is 0.388 e. The highest BCUT2D eigenvalue weighted by Crippen LogP contribution is 2.26. The van der Waals surface area contributed by atoms with Crippen LogP contribution in [0.25, 0.3) is 11.4 Å². The highest BCUT2D eigenvalue weighted by atomic mass is 15.3. The second kappa shape index (κ2) is 4.35. The van der Waals surface area contributed by atoms with Gasteiger partial charge >= 0.3 is 0 Å². The van der Waals surface area contributed by atoms with E-state index in [1.54, 1.807) is 0 Å². The molecule has 0 spiro atoms. The summed E-state index contributed by atoms with van der Waals surface area (Å²) in [7, 11) is 1.92. The van der Waals surface area contributed by atoms with Crippen LogP contribution in [0.15, 0.2) is 24.3 Å². The van der Waals surface area contributed by atoms with Gasteiger partial charge in [-0.05, 0) is 26.0 Å². The molecule has 0 fully saturated rings. The Morgan fingerprint density at radius 3 is 2.69 bits per heavy atom. The van der Waals surface area contributed by atoms with E-state index in [9.17, 15) is 0 Å². The van der Waals surface area contributed by atoms with E-state index < -0.39 is 0 Å². The molecule has 1 aromatic heterocycles. The Kier molecular flexibility index (Phi) is 2.90. The Balaban J connectivity index is 2.58. The minimum atomic E-state index is 0.881. The highest BCUT2D eigenvalue weighted by Gasteiger charge is 2.12. The molecule has 0 aliphatic heterocycles. The number of para-hydroxylation sites is 1. The first-order valence-electron chi connectivity index (χ1n) is 5.45. The predicted molar refractivity (Wildman–Crippen MR) is 65.4 cm³/mol. The lowest BCUT2D eigenvalue weighted by atomic mass is 10.1. The Morgan fingerprint density at radius 2 is 2.00 bits per heavy atom. The Bertz CT molecular complexity index is 488. The van der Waals surface area contributed by atoms with Gasteiger partial charge in [0, 0.05) is 24.8 Å². The first-order chi connectivity index (χ1) is 7.77. The summed E-state index contributed by atoms with van der Waals surface area (Å²) in [6.45, 7) is 4.95. The maximum absolute atomic E-state index is 4.24. The number of benzene rings is 1. The van der Waals surface area contributed by atoms with E-state index in [1.165, 1.54) is 0 Å². The molecule has 4 heteroatoms. The lowest BCUT2D eigenvalue weighted by Gasteiger charge is -2.09. The van der Waals surface area contributed by atoms with Gasteiger partial charge in [0.05, 0.1) is 0 Å². The molecule has 0 amide bonds. The van der Waals surface area contributed by atoms with E-state index >= 15 is 0 Å². The molecule has 2 aromatic rings. The number of anilines is 1. The average molecular weight is 216 g/mol. The molecule has 16 heavy (non-hydrogen) atoms. The molecule has 0 atom stereocenters. The molecule has 0 aliphatic rings. The lowest BCUT2D eigenvalue weighted by molar-refractivity contribution is 0.737. The molecule has 0 unspecified atom stereocenters. The summed E-state index contributed by atoms with van der Waals surface area (Å²) in [5.41, 5.74) is 2.16. The van der Waals surface area contributed by atoms with Gasteiger partial charge in [-0.2, -0.15) is 0 Å². The Morgan fingerprint density at radius 1 is 1.25 bits per heavy atom. The van der Waals surface area contributed by atoms with E-state index in [-0.39, 0.29) is 0 Å². The molecule has 1 heterocycles. The van der Waals surface area contributed by atoms with Crippen LogP contribution in [-0.4, -0.2) is 21.8 Å². The van der Waals surface area contributed by atoms with E-state index in [4.69, 9.17) is 0 Å². The summed E-state index contributed by atoms with van der Waals surface area (Å²) < 4.78 is 2.11. The number of hydrogen-bond donors (Lipinski definition) is 1. The molecule has 0 bridgehead atoms. The highest BCUT2D eigenvalue weighted by molar-refractivity contribution is 5.73. The van der Waals surface area contributed by atoms with Gasteiger partial charge < -0.3 is 9.88 Å². The van der Waals surface area contributed by atoms with Crippen molar-refractivity contribution < 1.29 is 0 Å². The maximum atomic E-state index is 4.24. The third-order valence-corrected chi connectivity index (χ3v) is 2.69. The van der Waals surface area contributed by atoms with Crippen LogP contribution in [0.1, 0.15) is 12.7 Å². The number of rotatable bonds is 3. The molecule has 1 N–H and O–H groups in total. The van der Waals surface area contributed by atoms with Crippen molar-refractivity contribution in [3.8, 4) is 11.4 Å². The van der Waals surface area contributed by atoms with Crippen LogP contribution in [0.3, 0.4) is 0 Å². The standard InChI is InChI=1S/C12H16N4/c1-4-16-9(2)14-15-12(16)10-7-5-6-8-11(10)13-3/h5-8,13H,4H2,1-3H3. The summed E-state index contributed by atoms with van der Waals surface area (Å²) in [6.07, 6.45) is 0. The molecule has 2 rings (SSSR count). The van der Waals surface area contributed by atoms with Crippen LogP contribution < -0.4 is 5.32 Å². The fraction of sp³-hybridized carbons (Fsp3) is 0.333. The first kappa shape index (κ1) is 10.7. The normalized spacial score (nSPS) is 10.4. The lowest BCUT2D eigenvalue weighted by Crippen LogP contribution is -2.01. The van der Waals surface area contributed by atoms with Crippen molar-refractivity contribution in [3.63, 3.8) is 0 Å². The van der Waals surface area contributed by atoms with Crippen LogP contribution in [0, 0.1) is 6.92 Å². The number of nitrogens with zero attached hydrogens (tertiary/aromatic N) is 3. The van der Waals surface area contributed by atoms with Gasteiger partial charge in [0.1, 0.15) is 5.82 Å². The molecular weight excluding hydrogens is 200 g/mol. The minimum Gasteiger partial charge on any atom is -0.388 e. The van der Waals surface area contributed by atoms with Crippen LogP contribution in [0.5, 0.6) is 0 Å². The van der Waals surface area contributed by atoms with Gasteiger partial charge in [0.25, 0.3) is 0 Å². The topological polar surface area (TPSA) is 42.7 Å². The minimum absolute atomic E-state index is 0.881. The van der Waals surface area contributed by atoms with E-state index in [0.29, 0.717) is 0 Å². The van der Waals surface area contributed by atoms with Crippen molar-refractivity contribution in [1.29, 1.82) is 0 Å². The third kappa shape index (κ3) is 1.66. The van der Waals surface area contributed by atoms with Gasteiger partial charge in [0.2, 0.25) is 0 Å². The van der Waals surface area contributed by atoms with Crippen LogP contribution in [-0.2, 0) is 6.54 Å². The summed E-state index contributed by atoms with van der Waals surface area (Å²) in [6, 6.07) is 8.12. The zero-order valence-corrected chi connectivity index (χ0v) is 9.86. The monoisotopic (exact) mass is 216 g/mol. The number of aryl methyl sites for hydroxylation is 1. The quantitative estimate of drug-likeness (QED) is 0.856. The van der Waals surface area contributed by atoms with Crippen LogP contribution >= 0.6 is 0 Å². The van der Waals surface area contributed by atoms with E-state index in [2.05, 4.69) is 33.1 Å². The molecule has 84 valence electrons. The van der Waals surface area contributed by atoms with E-state index in [0.717, 1.165) is 29.4 Å². The predicted octanol–water partition coefficient (Wildman–Crippen LogP) is 2.32. The fourth-order valence-corrected chi connectivity index (χ4v) is 1.85. The van der Waals surface area contributed by atoms with Crippen LogP contribution in [0.4, 0.5) is 5.69 Å². The second-order valence-electron chi connectivity index (χ2n) is 3.61. The van der Waals surface area contributed by atoms with Gasteiger partial charge in [-0.1, -0.05) is 12.1 Å². The molecule has 0 radical (unpaired) electrons. The Hall–Kier alpha value is -1.84. The zero-order chi connectivity index (χ0) is 11.5. The summed E-state index contributed by atoms with van der Waals surface area (Å²) in [5, 5.41) is 11.5. The third-order valence-electron chi connectivity index (χ3n) is 2.69. The first-order valence-corrected chi connectivity index (χ1v) is 5.45. The van der Waals surface area contributed by atoms with Crippen molar-refractivity contribution in [2.24, 2.45) is 0 Å². The van der Waals surface area contributed by atoms with Crippen molar-refractivity contribution in [1.82, 2.24) is 14.8 Å². The van der Waals surface area contributed by atoms with Crippen molar-refractivity contribution in [2.45, 2.75) is 20.4 Å². The van der Waals surface area contributed by atoms with Crippen molar-refractivity contribution in [2.75, 3.05) is 12.4 Å². The van der Waals surface area contributed by atoms with Crippen LogP contribution in [0.2, 0.25) is 0 Å². The molecule has 1 aromatic carbocycles. The SMILES string of the molecule is CCn1c(C)nnc1-c1ccccc1NC. The van der Waals surface area contributed by atoms with Gasteiger partial charge in [0.15, 0.2) is 5.82 Å². The summed E-state index contributed by atoms with van der Waals surface area (Å²) >= 11 is 0. The molecular formula is C12H16N4.